The Balaban J connectivity index is 1.41. The number of amides is 2. The van der Waals surface area contributed by atoms with Crippen molar-refractivity contribution in [3.8, 4) is 0 Å². The van der Waals surface area contributed by atoms with Gasteiger partial charge in [0.2, 0.25) is 11.8 Å². The number of anilines is 1. The van der Waals surface area contributed by atoms with Crippen molar-refractivity contribution < 1.29 is 9.59 Å². The smallest absolute Gasteiger partial charge is 0.230 e. The summed E-state index contributed by atoms with van der Waals surface area (Å²) >= 11 is 0. The lowest BCUT2D eigenvalue weighted by atomic mass is 9.63. The first-order chi connectivity index (χ1) is 16.1. The Hall–Kier alpha value is -2.70. The molecule has 7 nitrogen and oxygen atoms in total. The lowest BCUT2D eigenvalue weighted by Crippen LogP contribution is -2.33. The van der Waals surface area contributed by atoms with E-state index in [1.807, 2.05) is 26.0 Å². The van der Waals surface area contributed by atoms with E-state index in [4.69, 9.17) is 0 Å². The van der Waals surface area contributed by atoms with Gasteiger partial charge in [0, 0.05) is 38.2 Å². The fourth-order valence-electron chi connectivity index (χ4n) is 6.13. The van der Waals surface area contributed by atoms with Gasteiger partial charge in [0.1, 0.15) is 11.6 Å². The Bertz CT molecular complexity index is 1110. The third-order valence-electron chi connectivity index (χ3n) is 7.93. The van der Waals surface area contributed by atoms with E-state index in [1.54, 1.807) is 11.8 Å². The van der Waals surface area contributed by atoms with E-state index >= 15 is 0 Å². The second-order valence-electron chi connectivity index (χ2n) is 11.7. The number of likely N-dealkylation sites (tertiary alicyclic amines) is 1. The lowest BCUT2D eigenvalue weighted by molar-refractivity contribution is -0.128. The number of nitrogens with zero attached hydrogens (tertiary/aromatic N) is 4. The van der Waals surface area contributed by atoms with E-state index in [9.17, 15) is 9.59 Å². The Morgan fingerprint density at radius 1 is 1.12 bits per heavy atom. The van der Waals surface area contributed by atoms with Crippen molar-refractivity contribution in [2.75, 3.05) is 18.4 Å². The second kappa shape index (κ2) is 8.51. The summed E-state index contributed by atoms with van der Waals surface area (Å²) in [5, 5.41) is 12.4. The number of rotatable bonds is 6. The van der Waals surface area contributed by atoms with Crippen molar-refractivity contribution in [1.29, 1.82) is 0 Å². The number of carbonyl (C=O) groups excluding carboxylic acids is 2. The number of hydrogen-bond donors (Lipinski definition) is 1. The van der Waals surface area contributed by atoms with Gasteiger partial charge in [-0.1, -0.05) is 31.5 Å². The maximum atomic E-state index is 13.5. The Morgan fingerprint density at radius 3 is 2.47 bits per heavy atom. The van der Waals surface area contributed by atoms with Crippen molar-refractivity contribution in [1.82, 2.24) is 19.7 Å². The highest BCUT2D eigenvalue weighted by atomic mass is 16.2. The van der Waals surface area contributed by atoms with E-state index in [1.165, 1.54) is 12.8 Å². The molecule has 2 heterocycles. The standard InChI is InChI=1S/C27H37N5O2/c1-16-6-9-23(17(2)10-16)28-26(34)22-15-31(18(3)33)14-21(22)25-30-29-24(32(25)20-7-8-20)11-19-12-27(4,5)13-19/h6,9-10,19-22H,7-8,11-15H2,1-5H3,(H,28,34)/t21-,22-/m0/s1. The van der Waals surface area contributed by atoms with Crippen molar-refractivity contribution >= 4 is 17.5 Å². The first-order valence-electron chi connectivity index (χ1n) is 12.7. The highest BCUT2D eigenvalue weighted by Gasteiger charge is 2.45. The highest BCUT2D eigenvalue weighted by Crippen LogP contribution is 2.47. The Kier molecular flexibility index (Phi) is 5.77. The van der Waals surface area contributed by atoms with Gasteiger partial charge in [0.25, 0.3) is 0 Å². The number of aryl methyl sites for hydroxylation is 2. The third-order valence-corrected chi connectivity index (χ3v) is 7.93. The van der Waals surface area contributed by atoms with E-state index in [2.05, 4.69) is 40.0 Å². The number of nitrogens with one attached hydrogen (secondary N) is 1. The van der Waals surface area contributed by atoms with Crippen LogP contribution in [0.4, 0.5) is 5.69 Å². The molecule has 3 aliphatic rings. The van der Waals surface area contributed by atoms with Crippen molar-refractivity contribution in [2.24, 2.45) is 17.3 Å². The Labute approximate surface area is 202 Å². The van der Waals surface area contributed by atoms with E-state index < -0.39 is 0 Å². The molecule has 1 saturated heterocycles. The molecule has 2 aromatic rings. The molecule has 182 valence electrons. The van der Waals surface area contributed by atoms with Crippen LogP contribution in [0.3, 0.4) is 0 Å². The molecule has 34 heavy (non-hydrogen) atoms. The van der Waals surface area contributed by atoms with Crippen LogP contribution in [-0.4, -0.2) is 44.6 Å². The molecule has 3 fully saturated rings. The van der Waals surface area contributed by atoms with Crippen molar-refractivity contribution in [2.45, 2.75) is 78.7 Å². The van der Waals surface area contributed by atoms with E-state index in [-0.39, 0.29) is 23.7 Å². The summed E-state index contributed by atoms with van der Waals surface area (Å²) in [6.45, 7) is 11.2. The van der Waals surface area contributed by atoms with Crippen molar-refractivity contribution in [3.05, 3.63) is 41.0 Å². The molecular weight excluding hydrogens is 426 g/mol. The van der Waals surface area contributed by atoms with E-state index in [0.717, 1.165) is 47.7 Å². The number of carbonyl (C=O) groups is 2. The average molecular weight is 464 g/mol. The molecule has 2 amide bonds. The van der Waals surface area contributed by atoms with Crippen LogP contribution in [0.2, 0.25) is 0 Å². The topological polar surface area (TPSA) is 80.1 Å². The minimum atomic E-state index is -0.346. The molecule has 5 rings (SSSR count). The zero-order valence-corrected chi connectivity index (χ0v) is 21.1. The summed E-state index contributed by atoms with van der Waals surface area (Å²) in [7, 11) is 0. The molecule has 0 radical (unpaired) electrons. The van der Waals surface area contributed by atoms with Gasteiger partial charge < -0.3 is 14.8 Å². The molecule has 0 bridgehead atoms. The molecule has 1 N–H and O–H groups in total. The van der Waals surface area contributed by atoms with Crippen LogP contribution < -0.4 is 5.32 Å². The second-order valence-corrected chi connectivity index (χ2v) is 11.7. The zero-order chi connectivity index (χ0) is 24.2. The molecule has 1 aromatic heterocycles. The third kappa shape index (κ3) is 4.49. The van der Waals surface area contributed by atoms with Gasteiger partial charge in [-0.05, 0) is 62.5 Å². The molecule has 1 aromatic carbocycles. The largest absolute Gasteiger partial charge is 0.341 e. The average Bonchev–Trinajstić information content (AvgIpc) is 3.33. The summed E-state index contributed by atoms with van der Waals surface area (Å²) in [5.74, 6) is 2.07. The number of aromatic nitrogens is 3. The molecule has 2 aliphatic carbocycles. The first-order valence-corrected chi connectivity index (χ1v) is 12.7. The van der Waals surface area contributed by atoms with Crippen LogP contribution in [0.1, 0.15) is 81.2 Å². The van der Waals surface area contributed by atoms with Crippen LogP contribution >= 0.6 is 0 Å². The molecule has 2 saturated carbocycles. The molecular formula is C27H37N5O2. The predicted molar refractivity (Wildman–Crippen MR) is 132 cm³/mol. The van der Waals surface area contributed by atoms with Gasteiger partial charge >= 0.3 is 0 Å². The first kappa shape index (κ1) is 23.1. The summed E-state index contributed by atoms with van der Waals surface area (Å²) in [6.07, 6.45) is 5.67. The SMILES string of the molecule is CC(=O)N1C[C@H](C(=O)Nc2ccc(C)cc2C)[C@@H](c2nnc(CC3CC(C)(C)C3)n2C2CC2)C1. The fraction of sp³-hybridized carbons (Fsp3) is 0.630. The predicted octanol–water partition coefficient (Wildman–Crippen LogP) is 4.41. The van der Waals surface area contributed by atoms with Gasteiger partial charge in [-0.25, -0.2) is 0 Å². The van der Waals surface area contributed by atoms with Gasteiger partial charge in [-0.2, -0.15) is 0 Å². The molecule has 2 atom stereocenters. The fourth-order valence-corrected chi connectivity index (χ4v) is 6.13. The van der Waals surface area contributed by atoms with Crippen LogP contribution in [0.15, 0.2) is 18.2 Å². The van der Waals surface area contributed by atoms with Crippen LogP contribution in [0, 0.1) is 31.1 Å². The summed E-state index contributed by atoms with van der Waals surface area (Å²) in [5.41, 5.74) is 3.46. The van der Waals surface area contributed by atoms with Crippen LogP contribution in [-0.2, 0) is 16.0 Å². The van der Waals surface area contributed by atoms with Crippen LogP contribution in [0.5, 0.6) is 0 Å². The molecule has 0 spiro atoms. The van der Waals surface area contributed by atoms with Crippen LogP contribution in [0.25, 0.3) is 0 Å². The summed E-state index contributed by atoms with van der Waals surface area (Å²) < 4.78 is 2.33. The quantitative estimate of drug-likeness (QED) is 0.688. The highest BCUT2D eigenvalue weighted by molar-refractivity contribution is 5.94. The number of hydrogen-bond acceptors (Lipinski definition) is 4. The lowest BCUT2D eigenvalue weighted by Gasteiger charge is -2.42. The molecule has 1 aliphatic heterocycles. The molecule has 0 unspecified atom stereocenters. The van der Waals surface area contributed by atoms with E-state index in [0.29, 0.717) is 30.5 Å². The molecule has 7 heteroatoms. The minimum absolute atomic E-state index is 0.00114. The normalized spacial score (nSPS) is 24.2. The van der Waals surface area contributed by atoms with Gasteiger partial charge in [0.05, 0.1) is 11.8 Å². The Morgan fingerprint density at radius 2 is 1.85 bits per heavy atom. The van der Waals surface area contributed by atoms with Crippen molar-refractivity contribution in [3.63, 3.8) is 0 Å². The summed E-state index contributed by atoms with van der Waals surface area (Å²) in [4.78, 5) is 27.6. The van der Waals surface area contributed by atoms with Gasteiger partial charge in [-0.3, -0.25) is 9.59 Å². The maximum Gasteiger partial charge on any atom is 0.230 e. The minimum Gasteiger partial charge on any atom is -0.341 e. The number of benzene rings is 1. The van der Waals surface area contributed by atoms with Gasteiger partial charge in [0.15, 0.2) is 0 Å². The maximum absolute atomic E-state index is 13.5. The zero-order valence-electron chi connectivity index (χ0n) is 21.1. The van der Waals surface area contributed by atoms with Gasteiger partial charge in [-0.15, -0.1) is 10.2 Å². The summed E-state index contributed by atoms with van der Waals surface area (Å²) in [6, 6.07) is 6.47. The monoisotopic (exact) mass is 463 g/mol.